The standard InChI is InChI=1S/C14H17NO3/c1-14(2,13(17)18-3)15-12(16)10-9-11-7-5-4-6-8-11/h4-10H,1-3H3,(H,15,16)/b10-9+. The minimum absolute atomic E-state index is 0.339. The zero-order valence-electron chi connectivity index (χ0n) is 10.8. The van der Waals surface area contributed by atoms with Crippen LogP contribution in [0.15, 0.2) is 36.4 Å². The molecule has 0 aliphatic heterocycles. The average Bonchev–Trinajstić information content (AvgIpc) is 2.36. The topological polar surface area (TPSA) is 55.4 Å². The SMILES string of the molecule is COC(=O)C(C)(C)NC(=O)/C=C/c1ccccc1. The van der Waals surface area contributed by atoms with Gasteiger partial charge in [0.25, 0.3) is 0 Å². The minimum Gasteiger partial charge on any atom is -0.467 e. The molecule has 0 saturated carbocycles. The van der Waals surface area contributed by atoms with Gasteiger partial charge in [0.15, 0.2) is 0 Å². The van der Waals surface area contributed by atoms with Crippen molar-refractivity contribution in [3.63, 3.8) is 0 Å². The van der Waals surface area contributed by atoms with Crippen LogP contribution in [0.1, 0.15) is 19.4 Å². The summed E-state index contributed by atoms with van der Waals surface area (Å²) in [5.74, 6) is -0.821. The molecule has 0 aliphatic rings. The van der Waals surface area contributed by atoms with E-state index in [4.69, 9.17) is 0 Å². The number of nitrogens with one attached hydrogen (secondary N) is 1. The molecule has 0 unspecified atom stereocenters. The van der Waals surface area contributed by atoms with Crippen molar-refractivity contribution in [3.05, 3.63) is 42.0 Å². The molecule has 18 heavy (non-hydrogen) atoms. The van der Waals surface area contributed by atoms with Crippen LogP contribution in [0.3, 0.4) is 0 Å². The number of benzene rings is 1. The molecule has 0 atom stereocenters. The van der Waals surface area contributed by atoms with Crippen molar-refractivity contribution in [2.75, 3.05) is 7.11 Å². The van der Waals surface area contributed by atoms with E-state index in [0.29, 0.717) is 0 Å². The van der Waals surface area contributed by atoms with Gasteiger partial charge in [0.2, 0.25) is 5.91 Å². The summed E-state index contributed by atoms with van der Waals surface area (Å²) in [7, 11) is 1.29. The first-order valence-corrected chi connectivity index (χ1v) is 5.59. The van der Waals surface area contributed by atoms with E-state index in [0.717, 1.165) is 5.56 Å². The number of rotatable bonds is 4. The van der Waals surface area contributed by atoms with Crippen molar-refractivity contribution >= 4 is 18.0 Å². The quantitative estimate of drug-likeness (QED) is 0.651. The molecule has 0 fully saturated rings. The van der Waals surface area contributed by atoms with Gasteiger partial charge in [0, 0.05) is 6.08 Å². The van der Waals surface area contributed by atoms with Gasteiger partial charge >= 0.3 is 5.97 Å². The molecule has 4 nitrogen and oxygen atoms in total. The Morgan fingerprint density at radius 1 is 1.22 bits per heavy atom. The third-order valence-electron chi connectivity index (χ3n) is 2.36. The fraction of sp³-hybridized carbons (Fsp3) is 0.286. The van der Waals surface area contributed by atoms with Crippen molar-refractivity contribution < 1.29 is 14.3 Å². The summed E-state index contributed by atoms with van der Waals surface area (Å²) >= 11 is 0. The lowest BCUT2D eigenvalue weighted by atomic mass is 10.1. The molecule has 4 heteroatoms. The van der Waals surface area contributed by atoms with Crippen LogP contribution >= 0.6 is 0 Å². The van der Waals surface area contributed by atoms with Gasteiger partial charge in [-0.1, -0.05) is 30.3 Å². The van der Waals surface area contributed by atoms with Crippen molar-refractivity contribution in [2.24, 2.45) is 0 Å². The molecule has 0 saturated heterocycles. The Morgan fingerprint density at radius 2 is 1.83 bits per heavy atom. The molecule has 0 bridgehead atoms. The molecule has 1 amide bonds. The van der Waals surface area contributed by atoms with Gasteiger partial charge in [-0.15, -0.1) is 0 Å². The maximum Gasteiger partial charge on any atom is 0.330 e. The molecule has 96 valence electrons. The monoisotopic (exact) mass is 247 g/mol. The predicted molar refractivity (Wildman–Crippen MR) is 69.7 cm³/mol. The molecule has 0 heterocycles. The largest absolute Gasteiger partial charge is 0.467 e. The first-order valence-electron chi connectivity index (χ1n) is 5.59. The Hall–Kier alpha value is -2.10. The predicted octanol–water partition coefficient (Wildman–Crippen LogP) is 1.77. The van der Waals surface area contributed by atoms with Crippen molar-refractivity contribution in [1.82, 2.24) is 5.32 Å². The van der Waals surface area contributed by atoms with Gasteiger partial charge in [0.1, 0.15) is 5.54 Å². The van der Waals surface area contributed by atoms with Crippen molar-refractivity contribution in [1.29, 1.82) is 0 Å². The molecule has 1 aromatic carbocycles. The second kappa shape index (κ2) is 6.00. The number of esters is 1. The fourth-order valence-electron chi connectivity index (χ4n) is 1.39. The zero-order chi connectivity index (χ0) is 13.6. The van der Waals surface area contributed by atoms with Crippen molar-refractivity contribution in [2.45, 2.75) is 19.4 Å². The maximum absolute atomic E-state index is 11.6. The number of methoxy groups -OCH3 is 1. The fourth-order valence-corrected chi connectivity index (χ4v) is 1.39. The van der Waals surface area contributed by atoms with Gasteiger partial charge in [-0.25, -0.2) is 4.79 Å². The van der Waals surface area contributed by atoms with E-state index in [1.165, 1.54) is 13.2 Å². The number of ether oxygens (including phenoxy) is 1. The van der Waals surface area contributed by atoms with Crippen molar-refractivity contribution in [3.8, 4) is 0 Å². The zero-order valence-corrected chi connectivity index (χ0v) is 10.8. The Kier molecular flexibility index (Phi) is 4.66. The lowest BCUT2D eigenvalue weighted by Crippen LogP contribution is -2.49. The number of hydrogen-bond acceptors (Lipinski definition) is 3. The van der Waals surface area contributed by atoms with Gasteiger partial charge in [-0.05, 0) is 25.5 Å². The summed E-state index contributed by atoms with van der Waals surface area (Å²) < 4.78 is 4.60. The van der Waals surface area contributed by atoms with E-state index in [-0.39, 0.29) is 5.91 Å². The van der Waals surface area contributed by atoms with Crippen LogP contribution in [-0.4, -0.2) is 24.5 Å². The number of carbonyl (C=O) groups is 2. The summed E-state index contributed by atoms with van der Waals surface area (Å²) in [6, 6.07) is 9.44. The highest BCUT2D eigenvalue weighted by atomic mass is 16.5. The van der Waals surface area contributed by atoms with Crippen LogP contribution in [0.4, 0.5) is 0 Å². The summed E-state index contributed by atoms with van der Waals surface area (Å²) in [4.78, 5) is 23.0. The number of carbonyl (C=O) groups excluding carboxylic acids is 2. The third-order valence-corrected chi connectivity index (χ3v) is 2.36. The normalized spacial score (nSPS) is 11.3. The molecular formula is C14H17NO3. The molecule has 1 aromatic rings. The number of hydrogen-bond donors (Lipinski definition) is 1. The Balaban J connectivity index is 2.62. The van der Waals surface area contributed by atoms with Crippen LogP contribution < -0.4 is 5.32 Å². The van der Waals surface area contributed by atoms with Crippen LogP contribution in [0.5, 0.6) is 0 Å². The van der Waals surface area contributed by atoms with Crippen LogP contribution in [-0.2, 0) is 14.3 Å². The Labute approximate surface area is 107 Å². The summed E-state index contributed by atoms with van der Waals surface area (Å²) in [5, 5.41) is 2.58. The van der Waals surface area contributed by atoms with E-state index in [1.54, 1.807) is 19.9 Å². The van der Waals surface area contributed by atoms with E-state index in [1.807, 2.05) is 30.3 Å². The second-order valence-electron chi connectivity index (χ2n) is 4.35. The highest BCUT2D eigenvalue weighted by molar-refractivity contribution is 5.95. The van der Waals surface area contributed by atoms with Gasteiger partial charge in [-0.3, -0.25) is 4.79 Å². The van der Waals surface area contributed by atoms with Crippen LogP contribution in [0.2, 0.25) is 0 Å². The Morgan fingerprint density at radius 3 is 2.39 bits per heavy atom. The summed E-state index contributed by atoms with van der Waals surface area (Å²) in [5.41, 5.74) is -0.115. The molecule has 0 radical (unpaired) electrons. The van der Waals surface area contributed by atoms with Gasteiger partial charge in [0.05, 0.1) is 7.11 Å². The summed E-state index contributed by atoms with van der Waals surface area (Å²) in [6.07, 6.45) is 3.07. The minimum atomic E-state index is -1.03. The van der Waals surface area contributed by atoms with E-state index in [9.17, 15) is 9.59 Å². The molecular weight excluding hydrogens is 230 g/mol. The van der Waals surface area contributed by atoms with Gasteiger partial charge in [-0.2, -0.15) is 0 Å². The molecule has 0 aliphatic carbocycles. The lowest BCUT2D eigenvalue weighted by Gasteiger charge is -2.22. The highest BCUT2D eigenvalue weighted by Crippen LogP contribution is 2.05. The maximum atomic E-state index is 11.6. The van der Waals surface area contributed by atoms with E-state index in [2.05, 4.69) is 10.1 Å². The Bertz CT molecular complexity index is 449. The molecule has 1 N–H and O–H groups in total. The van der Waals surface area contributed by atoms with Gasteiger partial charge < -0.3 is 10.1 Å². The first kappa shape index (κ1) is 14.0. The number of amides is 1. The average molecular weight is 247 g/mol. The molecule has 0 spiro atoms. The van der Waals surface area contributed by atoms with Crippen LogP contribution in [0, 0.1) is 0 Å². The molecule has 0 aromatic heterocycles. The van der Waals surface area contributed by atoms with Crippen LogP contribution in [0.25, 0.3) is 6.08 Å². The second-order valence-corrected chi connectivity index (χ2v) is 4.35. The lowest BCUT2D eigenvalue weighted by molar-refractivity contribution is -0.148. The highest BCUT2D eigenvalue weighted by Gasteiger charge is 2.29. The third kappa shape index (κ3) is 4.05. The molecule has 1 rings (SSSR count). The smallest absolute Gasteiger partial charge is 0.330 e. The van der Waals surface area contributed by atoms with E-state index >= 15 is 0 Å². The summed E-state index contributed by atoms with van der Waals surface area (Å²) in [6.45, 7) is 3.18. The van der Waals surface area contributed by atoms with E-state index < -0.39 is 11.5 Å². The first-order chi connectivity index (χ1) is 8.45.